The van der Waals surface area contributed by atoms with Crippen molar-refractivity contribution in [2.24, 2.45) is 5.73 Å². The quantitative estimate of drug-likeness (QED) is 0.556. The highest BCUT2D eigenvalue weighted by Crippen LogP contribution is 2.12. The molecule has 0 aromatic carbocycles. The van der Waals surface area contributed by atoms with E-state index >= 15 is 0 Å². The summed E-state index contributed by atoms with van der Waals surface area (Å²) in [4.78, 5) is 28.5. The highest BCUT2D eigenvalue weighted by Gasteiger charge is 2.10. The molecule has 1 aromatic rings. The molecule has 0 radical (unpaired) electrons. The Morgan fingerprint density at radius 2 is 2.38 bits per heavy atom. The number of nitriles is 1. The summed E-state index contributed by atoms with van der Waals surface area (Å²) in [5.41, 5.74) is 4.94. The fourth-order valence-electron chi connectivity index (χ4n) is 1.08. The molecule has 0 aliphatic heterocycles. The number of amides is 1. The minimum absolute atomic E-state index is 0.0194. The van der Waals surface area contributed by atoms with Crippen molar-refractivity contribution >= 4 is 17.7 Å². The van der Waals surface area contributed by atoms with Gasteiger partial charge < -0.3 is 10.7 Å². The Morgan fingerprint density at radius 1 is 1.69 bits per heavy atom. The van der Waals surface area contributed by atoms with E-state index in [1.54, 1.807) is 13.0 Å². The smallest absolute Gasteiger partial charge is 0.269 e. The van der Waals surface area contributed by atoms with E-state index in [4.69, 9.17) is 11.0 Å². The molecule has 0 fully saturated rings. The summed E-state index contributed by atoms with van der Waals surface area (Å²) in [6.07, 6.45) is 0.483. The average Bonchev–Trinajstić information content (AvgIpc) is 2.25. The van der Waals surface area contributed by atoms with Crippen LogP contribution < -0.4 is 11.3 Å². The highest BCUT2D eigenvalue weighted by atomic mass is 32.2. The van der Waals surface area contributed by atoms with Crippen molar-refractivity contribution in [1.82, 2.24) is 9.97 Å². The standard InChI is InChI=1S/C9H10N4O2S/c1-2-6-5(3-10)8(15)13-9(12-6)16-4-7(11)14/h2,4H2,1H3,(H2,11,14)(H,12,13,15). The van der Waals surface area contributed by atoms with E-state index in [0.717, 1.165) is 11.8 Å². The zero-order valence-corrected chi connectivity index (χ0v) is 9.43. The minimum Gasteiger partial charge on any atom is -0.369 e. The van der Waals surface area contributed by atoms with E-state index in [-0.39, 0.29) is 11.3 Å². The van der Waals surface area contributed by atoms with Crippen molar-refractivity contribution < 1.29 is 4.79 Å². The van der Waals surface area contributed by atoms with Crippen LogP contribution >= 0.6 is 11.8 Å². The predicted molar refractivity (Wildman–Crippen MR) is 58.9 cm³/mol. The van der Waals surface area contributed by atoms with Crippen molar-refractivity contribution in [2.75, 3.05) is 5.75 Å². The summed E-state index contributed by atoms with van der Waals surface area (Å²) >= 11 is 1.04. The molecule has 6 nitrogen and oxygen atoms in total. The number of nitrogens with one attached hydrogen (secondary N) is 1. The van der Waals surface area contributed by atoms with Gasteiger partial charge >= 0.3 is 0 Å². The Hall–Kier alpha value is -1.81. The van der Waals surface area contributed by atoms with Crippen LogP contribution in [0.4, 0.5) is 0 Å². The first kappa shape index (κ1) is 12.3. The van der Waals surface area contributed by atoms with Crippen LogP contribution in [0.1, 0.15) is 18.2 Å². The number of H-pyrrole nitrogens is 1. The highest BCUT2D eigenvalue weighted by molar-refractivity contribution is 7.99. The molecule has 7 heteroatoms. The second-order valence-corrected chi connectivity index (χ2v) is 3.88. The van der Waals surface area contributed by atoms with Gasteiger partial charge in [-0.1, -0.05) is 18.7 Å². The first-order chi connectivity index (χ1) is 7.58. The van der Waals surface area contributed by atoms with Crippen LogP contribution in [0.15, 0.2) is 9.95 Å². The Kier molecular flexibility index (Phi) is 4.08. The summed E-state index contributed by atoms with van der Waals surface area (Å²) in [6.45, 7) is 1.80. The van der Waals surface area contributed by atoms with Gasteiger partial charge in [0.1, 0.15) is 11.6 Å². The summed E-state index contributed by atoms with van der Waals surface area (Å²) in [6, 6.07) is 1.80. The zero-order chi connectivity index (χ0) is 12.1. The summed E-state index contributed by atoms with van der Waals surface area (Å²) < 4.78 is 0. The lowest BCUT2D eigenvalue weighted by atomic mass is 10.2. The van der Waals surface area contributed by atoms with Crippen LogP contribution in [0.5, 0.6) is 0 Å². The Morgan fingerprint density at radius 3 is 2.88 bits per heavy atom. The molecule has 16 heavy (non-hydrogen) atoms. The van der Waals surface area contributed by atoms with E-state index in [2.05, 4.69) is 9.97 Å². The lowest BCUT2D eigenvalue weighted by molar-refractivity contribution is -0.115. The molecule has 3 N–H and O–H groups in total. The van der Waals surface area contributed by atoms with Gasteiger partial charge in [-0.3, -0.25) is 9.59 Å². The predicted octanol–water partition coefficient (Wildman–Crippen LogP) is -0.219. The number of carbonyl (C=O) groups is 1. The number of hydrogen-bond acceptors (Lipinski definition) is 5. The van der Waals surface area contributed by atoms with E-state index in [1.165, 1.54) is 0 Å². The van der Waals surface area contributed by atoms with E-state index in [1.807, 2.05) is 0 Å². The molecule has 0 aliphatic carbocycles. The van der Waals surface area contributed by atoms with Gasteiger partial charge in [0.25, 0.3) is 5.56 Å². The van der Waals surface area contributed by atoms with Gasteiger partial charge in [-0.05, 0) is 6.42 Å². The normalized spacial score (nSPS) is 9.75. The number of nitrogens with zero attached hydrogens (tertiary/aromatic N) is 2. The minimum atomic E-state index is -0.491. The van der Waals surface area contributed by atoms with E-state index in [0.29, 0.717) is 17.3 Å². The average molecular weight is 238 g/mol. The fraction of sp³-hybridized carbons (Fsp3) is 0.333. The number of primary amides is 1. The monoisotopic (exact) mass is 238 g/mol. The SMILES string of the molecule is CCc1nc(SCC(N)=O)[nH]c(=O)c1C#N. The molecule has 0 spiro atoms. The van der Waals surface area contributed by atoms with Gasteiger partial charge in [-0.15, -0.1) is 0 Å². The number of aryl methyl sites for hydroxylation is 1. The Labute approximate surface area is 95.9 Å². The molecular formula is C9H10N4O2S. The number of aromatic nitrogens is 2. The van der Waals surface area contributed by atoms with Crippen LogP contribution in [0.25, 0.3) is 0 Å². The molecule has 1 amide bonds. The van der Waals surface area contributed by atoms with Gasteiger partial charge in [-0.2, -0.15) is 5.26 Å². The van der Waals surface area contributed by atoms with Gasteiger partial charge in [0.15, 0.2) is 5.16 Å². The Bertz CT molecular complexity index is 503. The third kappa shape index (κ3) is 2.84. The van der Waals surface area contributed by atoms with Crippen molar-refractivity contribution in [3.63, 3.8) is 0 Å². The first-order valence-corrected chi connectivity index (χ1v) is 5.51. The summed E-state index contributed by atoms with van der Waals surface area (Å²) in [5, 5.41) is 9.05. The molecule has 0 bridgehead atoms. The van der Waals surface area contributed by atoms with Crippen LogP contribution in [0.3, 0.4) is 0 Å². The topological polar surface area (TPSA) is 113 Å². The summed E-state index contributed by atoms with van der Waals surface area (Å²) in [5.74, 6) is -0.451. The fourth-order valence-corrected chi connectivity index (χ4v) is 1.69. The van der Waals surface area contributed by atoms with Crippen LogP contribution in [-0.2, 0) is 11.2 Å². The second kappa shape index (κ2) is 5.32. The third-order valence-electron chi connectivity index (χ3n) is 1.77. The number of aromatic amines is 1. The number of rotatable bonds is 4. The first-order valence-electron chi connectivity index (χ1n) is 4.52. The lowest BCUT2D eigenvalue weighted by Crippen LogP contribution is -2.18. The van der Waals surface area contributed by atoms with Crippen molar-refractivity contribution in [2.45, 2.75) is 18.5 Å². The van der Waals surface area contributed by atoms with Gasteiger partial charge in [0.2, 0.25) is 5.91 Å². The van der Waals surface area contributed by atoms with Gasteiger partial charge in [-0.25, -0.2) is 4.98 Å². The third-order valence-corrected chi connectivity index (χ3v) is 2.67. The van der Waals surface area contributed by atoms with E-state index in [9.17, 15) is 9.59 Å². The zero-order valence-electron chi connectivity index (χ0n) is 8.61. The van der Waals surface area contributed by atoms with Crippen molar-refractivity contribution in [3.8, 4) is 6.07 Å². The molecule has 0 aliphatic rings. The number of carbonyl (C=O) groups excluding carboxylic acids is 1. The molecule has 0 saturated carbocycles. The number of hydrogen-bond donors (Lipinski definition) is 2. The summed E-state index contributed by atoms with van der Waals surface area (Å²) in [7, 11) is 0. The van der Waals surface area contributed by atoms with Gasteiger partial charge in [0.05, 0.1) is 11.4 Å². The molecular weight excluding hydrogens is 228 g/mol. The molecule has 1 aromatic heterocycles. The maximum atomic E-state index is 11.4. The van der Waals surface area contributed by atoms with Crippen molar-refractivity contribution in [3.05, 3.63) is 21.6 Å². The van der Waals surface area contributed by atoms with Crippen LogP contribution in [-0.4, -0.2) is 21.6 Å². The number of nitrogens with two attached hydrogens (primary N) is 1. The van der Waals surface area contributed by atoms with E-state index < -0.39 is 11.5 Å². The molecule has 0 atom stereocenters. The largest absolute Gasteiger partial charge is 0.369 e. The lowest BCUT2D eigenvalue weighted by Gasteiger charge is -2.02. The molecule has 0 unspecified atom stereocenters. The molecule has 84 valence electrons. The second-order valence-electron chi connectivity index (χ2n) is 2.91. The van der Waals surface area contributed by atoms with Crippen LogP contribution in [0.2, 0.25) is 0 Å². The number of thioether (sulfide) groups is 1. The Balaban J connectivity index is 3.07. The molecule has 0 saturated heterocycles. The molecule has 1 heterocycles. The molecule has 1 rings (SSSR count). The van der Waals surface area contributed by atoms with Crippen LogP contribution in [0, 0.1) is 11.3 Å². The maximum absolute atomic E-state index is 11.4. The van der Waals surface area contributed by atoms with Crippen molar-refractivity contribution in [1.29, 1.82) is 5.26 Å². The maximum Gasteiger partial charge on any atom is 0.269 e. The van der Waals surface area contributed by atoms with Gasteiger partial charge in [0, 0.05) is 0 Å².